The van der Waals surface area contributed by atoms with Gasteiger partial charge in [-0.15, -0.1) is 0 Å². The molecule has 0 radical (unpaired) electrons. The maximum absolute atomic E-state index is 9.92. The fraction of sp³-hybridized carbons (Fsp3) is 0. The van der Waals surface area contributed by atoms with E-state index in [4.69, 9.17) is 0 Å². The van der Waals surface area contributed by atoms with Gasteiger partial charge in [0.15, 0.2) is 0 Å². The molecule has 302 valence electrons. The number of benzene rings is 10. The Morgan fingerprint density at radius 1 is 0.250 bits per heavy atom. The predicted octanol–water partition coefficient (Wildman–Crippen LogP) is 16.8. The average Bonchev–Trinajstić information content (AvgIpc) is 3.39. The van der Waals surface area contributed by atoms with Crippen molar-refractivity contribution < 1.29 is 0 Å². The summed E-state index contributed by atoms with van der Waals surface area (Å²) in [5.74, 6) is 0. The van der Waals surface area contributed by atoms with Crippen molar-refractivity contribution >= 4 is 34.1 Å². The van der Waals surface area contributed by atoms with E-state index in [1.54, 1.807) is 0 Å². The first-order valence-corrected chi connectivity index (χ1v) is 21.6. The van der Waals surface area contributed by atoms with E-state index in [0.29, 0.717) is 5.56 Å². The first-order valence-electron chi connectivity index (χ1n) is 21.6. The molecule has 0 atom stereocenters. The monoisotopic (exact) mass is 817 g/mol. The summed E-state index contributed by atoms with van der Waals surface area (Å²) < 4.78 is 0. The number of nitrogens with zero attached hydrogens (tertiary/aromatic N) is 3. The van der Waals surface area contributed by atoms with Gasteiger partial charge in [0.25, 0.3) is 0 Å². The van der Waals surface area contributed by atoms with Gasteiger partial charge in [-0.05, 0) is 128 Å². The highest BCUT2D eigenvalue weighted by atomic mass is 15.2. The Kier molecular flexibility index (Phi) is 11.2. The second kappa shape index (κ2) is 18.1. The number of nitriles is 1. The molecule has 10 aromatic rings. The Balaban J connectivity index is 1.26. The number of anilines is 6. The van der Waals surface area contributed by atoms with Gasteiger partial charge in [-0.3, -0.25) is 0 Å². The molecule has 0 unspecified atom stereocenters. The second-order valence-corrected chi connectivity index (χ2v) is 15.7. The molecule has 3 nitrogen and oxygen atoms in total. The highest BCUT2D eigenvalue weighted by Crippen LogP contribution is 2.50. The number of hydrogen-bond acceptors (Lipinski definition) is 3. The normalized spacial score (nSPS) is 10.8. The van der Waals surface area contributed by atoms with E-state index in [1.165, 1.54) is 0 Å². The summed E-state index contributed by atoms with van der Waals surface area (Å²) in [5, 5.41) is 9.92. The first-order chi connectivity index (χ1) is 31.7. The Morgan fingerprint density at radius 3 is 0.750 bits per heavy atom. The maximum Gasteiger partial charge on any atom is 0.0991 e. The molecule has 0 N–H and O–H groups in total. The van der Waals surface area contributed by atoms with Crippen LogP contribution in [0.25, 0.3) is 55.6 Å². The molecule has 0 aliphatic rings. The molecule has 0 aliphatic carbocycles. The van der Waals surface area contributed by atoms with E-state index < -0.39 is 0 Å². The molecule has 10 rings (SSSR count). The van der Waals surface area contributed by atoms with E-state index in [9.17, 15) is 5.26 Å². The third-order valence-electron chi connectivity index (χ3n) is 11.7. The predicted molar refractivity (Wildman–Crippen MR) is 268 cm³/mol. The molecule has 64 heavy (non-hydrogen) atoms. The summed E-state index contributed by atoms with van der Waals surface area (Å²) in [6, 6.07) is 94.4. The summed E-state index contributed by atoms with van der Waals surface area (Å²) >= 11 is 0. The lowest BCUT2D eigenvalue weighted by molar-refractivity contribution is 1.22. The fourth-order valence-electron chi connectivity index (χ4n) is 8.49. The van der Waals surface area contributed by atoms with Crippen molar-refractivity contribution in [3.8, 4) is 61.7 Å². The lowest BCUT2D eigenvalue weighted by Crippen LogP contribution is -2.17. The van der Waals surface area contributed by atoms with Gasteiger partial charge in [-0.1, -0.05) is 188 Å². The van der Waals surface area contributed by atoms with Crippen molar-refractivity contribution in [2.45, 2.75) is 0 Å². The van der Waals surface area contributed by atoms with E-state index in [-0.39, 0.29) is 0 Å². The Labute approximate surface area is 375 Å². The van der Waals surface area contributed by atoms with Gasteiger partial charge < -0.3 is 9.80 Å². The molecule has 0 aliphatic heterocycles. The number of hydrogen-bond donors (Lipinski definition) is 0. The zero-order valence-electron chi connectivity index (χ0n) is 35.2. The quantitative estimate of drug-likeness (QED) is 0.130. The van der Waals surface area contributed by atoms with Crippen LogP contribution >= 0.6 is 0 Å². The van der Waals surface area contributed by atoms with Crippen LogP contribution in [0.2, 0.25) is 0 Å². The minimum Gasteiger partial charge on any atom is -0.308 e. The highest BCUT2D eigenvalue weighted by molar-refractivity contribution is 5.99. The van der Waals surface area contributed by atoms with E-state index >= 15 is 0 Å². The van der Waals surface area contributed by atoms with Gasteiger partial charge >= 0.3 is 0 Å². The Bertz CT molecular complexity index is 3060. The van der Waals surface area contributed by atoms with E-state index in [0.717, 1.165) is 89.8 Å². The summed E-state index contributed by atoms with van der Waals surface area (Å²) in [6.07, 6.45) is 0. The molecule has 0 spiro atoms. The summed E-state index contributed by atoms with van der Waals surface area (Å²) in [7, 11) is 0. The van der Waals surface area contributed by atoms with Crippen LogP contribution in [0.5, 0.6) is 0 Å². The van der Waals surface area contributed by atoms with Gasteiger partial charge in [-0.2, -0.15) is 5.26 Å². The molecule has 10 aromatic carbocycles. The molecular formula is C61H43N3. The summed E-state index contributed by atoms with van der Waals surface area (Å²) in [4.78, 5) is 4.71. The fourth-order valence-corrected chi connectivity index (χ4v) is 8.49. The molecule has 0 fully saturated rings. The lowest BCUT2D eigenvalue weighted by Gasteiger charge is -2.34. The van der Waals surface area contributed by atoms with Gasteiger partial charge in [0, 0.05) is 22.7 Å². The van der Waals surface area contributed by atoms with Gasteiger partial charge in [-0.25, -0.2) is 0 Å². The van der Waals surface area contributed by atoms with Crippen LogP contribution in [0.15, 0.2) is 261 Å². The van der Waals surface area contributed by atoms with E-state index in [2.05, 4.69) is 246 Å². The SMILES string of the molecule is N#Cc1ccc(N(c2ccc(-c3ccccc3)cc2)c2cc(-c3ccccc3)c(-c3ccccc3)cc2N(c2ccc(-c3ccccc3)cc2)c2ccc(-c3ccccc3)cc2)cc1. The standard InChI is InChI=1S/C61H43N3/c62-44-45-26-34-54(35-27-45)63(55-36-28-49(29-37-55)46-16-6-1-7-17-46)60-42-58(52-22-12-4-13-23-52)59(53-24-14-5-15-25-53)43-61(60)64(56-38-30-50(31-39-56)47-18-8-2-9-19-47)57-40-32-51(33-41-57)48-20-10-3-11-21-48/h1-43H. The molecule has 3 heteroatoms. The van der Waals surface area contributed by atoms with E-state index in [1.807, 2.05) is 30.3 Å². The number of rotatable bonds is 11. The molecular weight excluding hydrogens is 775 g/mol. The molecule has 0 bridgehead atoms. The van der Waals surface area contributed by atoms with Crippen LogP contribution in [0.3, 0.4) is 0 Å². The molecule has 0 saturated carbocycles. The zero-order valence-corrected chi connectivity index (χ0v) is 35.2. The van der Waals surface area contributed by atoms with Gasteiger partial charge in [0.05, 0.1) is 23.0 Å². The highest BCUT2D eigenvalue weighted by Gasteiger charge is 2.26. The van der Waals surface area contributed by atoms with Crippen molar-refractivity contribution in [2.75, 3.05) is 9.80 Å². The minimum absolute atomic E-state index is 0.603. The Hall–Kier alpha value is -8.71. The van der Waals surface area contributed by atoms with Crippen molar-refractivity contribution in [1.29, 1.82) is 5.26 Å². The smallest absolute Gasteiger partial charge is 0.0991 e. The minimum atomic E-state index is 0.603. The van der Waals surface area contributed by atoms with Gasteiger partial charge in [0.2, 0.25) is 0 Å². The first kappa shape index (κ1) is 39.4. The molecule has 0 aromatic heterocycles. The molecule has 0 amide bonds. The third-order valence-corrected chi connectivity index (χ3v) is 11.7. The topological polar surface area (TPSA) is 30.3 Å². The van der Waals surface area contributed by atoms with Crippen molar-refractivity contribution in [3.63, 3.8) is 0 Å². The van der Waals surface area contributed by atoms with Crippen molar-refractivity contribution in [2.24, 2.45) is 0 Å². The van der Waals surface area contributed by atoms with Crippen LogP contribution in [0.1, 0.15) is 5.56 Å². The van der Waals surface area contributed by atoms with Crippen LogP contribution in [0, 0.1) is 11.3 Å². The largest absolute Gasteiger partial charge is 0.308 e. The molecule has 0 heterocycles. The zero-order chi connectivity index (χ0) is 43.1. The Morgan fingerprint density at radius 2 is 0.484 bits per heavy atom. The lowest BCUT2D eigenvalue weighted by atomic mass is 9.92. The second-order valence-electron chi connectivity index (χ2n) is 15.7. The van der Waals surface area contributed by atoms with Crippen LogP contribution < -0.4 is 9.80 Å². The van der Waals surface area contributed by atoms with Crippen molar-refractivity contribution in [1.82, 2.24) is 0 Å². The summed E-state index contributed by atoms with van der Waals surface area (Å²) in [5.41, 5.74) is 17.8. The van der Waals surface area contributed by atoms with Crippen molar-refractivity contribution in [3.05, 3.63) is 266 Å². The summed E-state index contributed by atoms with van der Waals surface area (Å²) in [6.45, 7) is 0. The van der Waals surface area contributed by atoms with Crippen LogP contribution in [-0.2, 0) is 0 Å². The third kappa shape index (κ3) is 8.20. The average molecular weight is 818 g/mol. The van der Waals surface area contributed by atoms with Crippen LogP contribution in [0.4, 0.5) is 34.1 Å². The van der Waals surface area contributed by atoms with Crippen LogP contribution in [-0.4, -0.2) is 0 Å². The van der Waals surface area contributed by atoms with Gasteiger partial charge in [0.1, 0.15) is 0 Å². The molecule has 0 saturated heterocycles. The maximum atomic E-state index is 9.92.